The van der Waals surface area contributed by atoms with Crippen LogP contribution in [0.25, 0.3) is 0 Å². The Bertz CT molecular complexity index is 543. The van der Waals surface area contributed by atoms with E-state index in [0.29, 0.717) is 5.69 Å². The average molecular weight is 243 g/mol. The molecule has 1 aromatic heterocycles. The number of nitrogens with zero attached hydrogens (tertiary/aromatic N) is 3. The van der Waals surface area contributed by atoms with Crippen molar-refractivity contribution in [1.29, 1.82) is 0 Å². The van der Waals surface area contributed by atoms with Gasteiger partial charge in [-0.3, -0.25) is 4.68 Å². The van der Waals surface area contributed by atoms with Gasteiger partial charge in [-0.05, 0) is 13.8 Å². The van der Waals surface area contributed by atoms with E-state index in [1.807, 2.05) is 13.8 Å². The molecule has 0 spiro atoms. The minimum Gasteiger partial charge on any atom is -0.322 e. The second-order valence-corrected chi connectivity index (χ2v) is 5.39. The van der Waals surface area contributed by atoms with Crippen molar-refractivity contribution in [2.24, 2.45) is 12.0 Å². The minimum atomic E-state index is -3.57. The van der Waals surface area contributed by atoms with Crippen LogP contribution >= 0.6 is 0 Å². The number of anilines is 1. The van der Waals surface area contributed by atoms with Crippen LogP contribution in [0.15, 0.2) is 16.2 Å². The summed E-state index contributed by atoms with van der Waals surface area (Å²) in [5, 5.41) is 6.89. The minimum absolute atomic E-state index is 0.00317. The Labute approximate surface area is 93.6 Å². The van der Waals surface area contributed by atoms with Crippen molar-refractivity contribution in [3.05, 3.63) is 6.20 Å². The monoisotopic (exact) mass is 243 g/mol. The lowest BCUT2D eigenvalue weighted by Gasteiger charge is -2.19. The Morgan fingerprint density at radius 1 is 1.50 bits per heavy atom. The Morgan fingerprint density at radius 2 is 2.19 bits per heavy atom. The van der Waals surface area contributed by atoms with E-state index < -0.39 is 10.0 Å². The van der Waals surface area contributed by atoms with Gasteiger partial charge in [0.2, 0.25) is 5.96 Å². The number of hydrogen-bond donors (Lipinski definition) is 2. The number of aryl methyl sites for hydroxylation is 1. The summed E-state index contributed by atoms with van der Waals surface area (Å²) in [5.74, 6) is 0.232. The van der Waals surface area contributed by atoms with E-state index in [0.717, 1.165) is 0 Å². The molecule has 1 aromatic rings. The second-order valence-electron chi connectivity index (χ2n) is 3.79. The van der Waals surface area contributed by atoms with Crippen LogP contribution in [-0.2, 0) is 17.1 Å². The van der Waals surface area contributed by atoms with Crippen LogP contribution in [0.4, 0.5) is 5.69 Å². The number of nitrogens with one attached hydrogen (secondary N) is 2. The van der Waals surface area contributed by atoms with Crippen LogP contribution in [0.1, 0.15) is 13.8 Å². The first-order valence-electron chi connectivity index (χ1n) is 4.80. The average Bonchev–Trinajstić information content (AvgIpc) is 2.45. The SMILES string of the molecule is CC(C)N=C1Nc2cnn(C)c2S(=O)(=O)N1. The quantitative estimate of drug-likeness (QED) is 0.720. The fraction of sp³-hybridized carbons (Fsp3) is 0.500. The van der Waals surface area contributed by atoms with Crippen molar-refractivity contribution < 1.29 is 8.42 Å². The maximum Gasteiger partial charge on any atom is 0.283 e. The molecule has 0 aromatic carbocycles. The zero-order valence-corrected chi connectivity index (χ0v) is 10.0. The normalized spacial score (nSPS) is 20.4. The Balaban J connectivity index is 2.51. The van der Waals surface area contributed by atoms with Gasteiger partial charge < -0.3 is 5.32 Å². The third kappa shape index (κ3) is 1.75. The molecule has 0 saturated carbocycles. The highest BCUT2D eigenvalue weighted by molar-refractivity contribution is 7.90. The van der Waals surface area contributed by atoms with Gasteiger partial charge in [-0.2, -0.15) is 13.5 Å². The Hall–Kier alpha value is -1.57. The molecule has 0 amide bonds. The Morgan fingerprint density at radius 3 is 2.81 bits per heavy atom. The molecule has 0 saturated heterocycles. The summed E-state index contributed by atoms with van der Waals surface area (Å²) in [4.78, 5) is 4.12. The van der Waals surface area contributed by atoms with Crippen molar-refractivity contribution >= 4 is 21.7 Å². The molecule has 2 N–H and O–H groups in total. The second kappa shape index (κ2) is 3.48. The topological polar surface area (TPSA) is 88.4 Å². The largest absolute Gasteiger partial charge is 0.322 e. The molecule has 88 valence electrons. The summed E-state index contributed by atoms with van der Waals surface area (Å²) in [7, 11) is -1.99. The first-order valence-corrected chi connectivity index (χ1v) is 6.28. The predicted octanol–water partition coefficient (Wildman–Crippen LogP) is -0.112. The molecule has 2 heterocycles. The standard InChI is InChI=1S/C8H13N5O2S/c1-5(2)10-8-11-6-4-9-13(3)7(6)16(14,15)12-8/h4-5H,1-3H3,(H2,10,11,12). The summed E-state index contributed by atoms with van der Waals surface area (Å²) in [6.07, 6.45) is 1.46. The fourth-order valence-electron chi connectivity index (χ4n) is 1.48. The zero-order valence-electron chi connectivity index (χ0n) is 9.22. The highest BCUT2D eigenvalue weighted by Crippen LogP contribution is 2.23. The van der Waals surface area contributed by atoms with Crippen molar-refractivity contribution in [2.75, 3.05) is 5.32 Å². The van der Waals surface area contributed by atoms with E-state index in [4.69, 9.17) is 0 Å². The summed E-state index contributed by atoms with van der Waals surface area (Å²) in [5.41, 5.74) is 0.445. The number of aliphatic imine (C=N–C) groups is 1. The molecule has 0 unspecified atom stereocenters. The summed E-state index contributed by atoms with van der Waals surface area (Å²) in [6, 6.07) is 0.00317. The van der Waals surface area contributed by atoms with Gasteiger partial charge in [0.05, 0.1) is 6.20 Å². The van der Waals surface area contributed by atoms with E-state index in [-0.39, 0.29) is 17.0 Å². The molecule has 0 radical (unpaired) electrons. The van der Waals surface area contributed by atoms with Gasteiger partial charge in [0.15, 0.2) is 5.03 Å². The van der Waals surface area contributed by atoms with E-state index in [1.165, 1.54) is 10.9 Å². The van der Waals surface area contributed by atoms with Crippen LogP contribution in [-0.4, -0.2) is 30.2 Å². The van der Waals surface area contributed by atoms with Gasteiger partial charge in [-0.25, -0.2) is 9.71 Å². The van der Waals surface area contributed by atoms with E-state index in [2.05, 4.69) is 20.1 Å². The maximum absolute atomic E-state index is 11.9. The highest BCUT2D eigenvalue weighted by atomic mass is 32.2. The molecule has 1 aliphatic rings. The first-order chi connectivity index (χ1) is 7.40. The van der Waals surface area contributed by atoms with Crippen molar-refractivity contribution in [2.45, 2.75) is 24.9 Å². The van der Waals surface area contributed by atoms with Gasteiger partial charge in [-0.15, -0.1) is 0 Å². The van der Waals surface area contributed by atoms with Crippen LogP contribution in [0.3, 0.4) is 0 Å². The summed E-state index contributed by atoms with van der Waals surface area (Å²) >= 11 is 0. The number of fused-ring (bicyclic) bond motifs is 1. The molecule has 0 atom stereocenters. The third-order valence-corrected chi connectivity index (χ3v) is 3.47. The lowest BCUT2D eigenvalue weighted by Crippen LogP contribution is -2.41. The summed E-state index contributed by atoms with van der Waals surface area (Å²) < 4.78 is 27.4. The Kier molecular flexibility index (Phi) is 2.38. The van der Waals surface area contributed by atoms with Crippen molar-refractivity contribution in [3.63, 3.8) is 0 Å². The van der Waals surface area contributed by atoms with Gasteiger partial charge in [0.25, 0.3) is 10.0 Å². The van der Waals surface area contributed by atoms with Gasteiger partial charge in [-0.1, -0.05) is 0 Å². The molecule has 7 nitrogen and oxygen atoms in total. The van der Waals surface area contributed by atoms with Crippen LogP contribution in [0, 0.1) is 0 Å². The fourth-order valence-corrected chi connectivity index (χ4v) is 2.72. The predicted molar refractivity (Wildman–Crippen MR) is 59.7 cm³/mol. The van der Waals surface area contributed by atoms with Crippen LogP contribution in [0.5, 0.6) is 0 Å². The first kappa shape index (κ1) is 10.9. The van der Waals surface area contributed by atoms with Crippen molar-refractivity contribution in [3.8, 4) is 0 Å². The van der Waals surface area contributed by atoms with Gasteiger partial charge >= 0.3 is 0 Å². The zero-order chi connectivity index (χ0) is 11.9. The smallest absolute Gasteiger partial charge is 0.283 e. The number of sulfonamides is 1. The highest BCUT2D eigenvalue weighted by Gasteiger charge is 2.30. The van der Waals surface area contributed by atoms with Crippen LogP contribution < -0.4 is 10.0 Å². The maximum atomic E-state index is 11.9. The molecule has 0 aliphatic carbocycles. The molecule has 1 aliphatic heterocycles. The van der Waals surface area contributed by atoms with Crippen molar-refractivity contribution in [1.82, 2.24) is 14.5 Å². The van der Waals surface area contributed by atoms with E-state index in [1.54, 1.807) is 7.05 Å². The summed E-state index contributed by atoms with van der Waals surface area (Å²) in [6.45, 7) is 3.73. The number of rotatable bonds is 1. The molecule has 16 heavy (non-hydrogen) atoms. The number of aromatic nitrogens is 2. The van der Waals surface area contributed by atoms with Crippen LogP contribution in [0.2, 0.25) is 0 Å². The van der Waals surface area contributed by atoms with Gasteiger partial charge in [0.1, 0.15) is 5.69 Å². The van der Waals surface area contributed by atoms with E-state index in [9.17, 15) is 8.42 Å². The molecule has 8 heteroatoms. The number of hydrogen-bond acceptors (Lipinski definition) is 4. The van der Waals surface area contributed by atoms with E-state index >= 15 is 0 Å². The molecule has 2 rings (SSSR count). The molecule has 0 bridgehead atoms. The molecule has 0 fully saturated rings. The molecular formula is C8H13N5O2S. The molecular weight excluding hydrogens is 230 g/mol. The van der Waals surface area contributed by atoms with Gasteiger partial charge in [0, 0.05) is 13.1 Å². The lowest BCUT2D eigenvalue weighted by molar-refractivity contribution is 0.572. The third-order valence-electron chi connectivity index (χ3n) is 2.01. The number of guanidine groups is 1. The lowest BCUT2D eigenvalue weighted by atomic mass is 10.4.